The topological polar surface area (TPSA) is 25.8 Å². The third-order valence-electron chi connectivity index (χ3n) is 10.3. The normalized spacial score (nSPS) is 12.3. The molecule has 7 aromatic rings. The molecule has 4 aromatic carbocycles. The summed E-state index contributed by atoms with van der Waals surface area (Å²) in [6, 6.07) is 3.13. The van der Waals surface area contributed by atoms with Crippen LogP contribution in [0.4, 0.5) is 87.8 Å². The summed E-state index contributed by atoms with van der Waals surface area (Å²) >= 11 is -3.84. The number of halogens is 20. The molecule has 0 N–H and O–H groups in total. The number of rotatable bonds is 4. The molecule has 3 aromatic heterocycles. The SMILES string of the molecule is Fc1c(F)c(F)c(-c2c3nc(c(-c4c(F)c(F)c(F)c(F)c4F)c4ccc([se]4)c(-c4c(F)c(F)c(F)c(F)c4F)c4nc(c(-c5c(F)c(F)c(F)c(F)c5F)c5ccc2[se]5)C=C4)C=C3)c(F)c1F. The Balaban J connectivity index is 1.60. The van der Waals surface area contributed by atoms with E-state index in [1.807, 2.05) is 0 Å². The Bertz CT molecular complexity index is 3120. The van der Waals surface area contributed by atoms with Crippen molar-refractivity contribution in [3.05, 3.63) is 163 Å². The molecule has 8 bridgehead atoms. The van der Waals surface area contributed by atoms with Gasteiger partial charge in [-0.15, -0.1) is 0 Å². The quantitative estimate of drug-likeness (QED) is 0.0760. The van der Waals surface area contributed by atoms with Gasteiger partial charge in [0.2, 0.25) is 0 Å². The van der Waals surface area contributed by atoms with Gasteiger partial charge in [-0.05, 0) is 0 Å². The van der Waals surface area contributed by atoms with E-state index >= 15 is 35.1 Å². The van der Waals surface area contributed by atoms with Crippen LogP contribution in [0.3, 0.4) is 0 Å². The molecule has 0 saturated carbocycles. The Morgan fingerprint density at radius 2 is 0.353 bits per heavy atom. The van der Waals surface area contributed by atoms with Crippen LogP contribution in [0, 0.1) is 116 Å². The second-order valence-electron chi connectivity index (χ2n) is 14.0. The Labute approximate surface area is 374 Å². The summed E-state index contributed by atoms with van der Waals surface area (Å²) in [6.45, 7) is 0. The van der Waals surface area contributed by atoms with E-state index in [1.54, 1.807) is 0 Å². The van der Waals surface area contributed by atoms with Crippen LogP contribution in [0.2, 0.25) is 0 Å². The van der Waals surface area contributed by atoms with Gasteiger partial charge in [0.15, 0.2) is 0 Å². The monoisotopic (exact) mass is 1100 g/mol. The predicted octanol–water partition coefficient (Wildman–Crippen LogP) is 13.6. The van der Waals surface area contributed by atoms with Gasteiger partial charge in [-0.25, -0.2) is 0 Å². The zero-order chi connectivity index (χ0) is 49.3. The summed E-state index contributed by atoms with van der Waals surface area (Å²) in [4.78, 5) is 8.07. The molecule has 346 valence electrons. The van der Waals surface area contributed by atoms with Crippen molar-refractivity contribution >= 4 is 70.4 Å². The molecule has 0 spiro atoms. The first kappa shape index (κ1) is 46.6. The molecule has 68 heavy (non-hydrogen) atoms. The van der Waals surface area contributed by atoms with E-state index in [0.717, 1.165) is 24.3 Å². The van der Waals surface area contributed by atoms with Gasteiger partial charge >= 0.3 is 376 Å². The van der Waals surface area contributed by atoms with Crippen molar-refractivity contribution in [1.82, 2.24) is 9.97 Å². The predicted molar refractivity (Wildman–Crippen MR) is 205 cm³/mol. The minimum atomic E-state index is -2.68. The Morgan fingerprint density at radius 1 is 0.206 bits per heavy atom. The molecule has 24 heteroatoms. The van der Waals surface area contributed by atoms with Crippen molar-refractivity contribution in [3.63, 3.8) is 0 Å². The fourth-order valence-electron chi connectivity index (χ4n) is 7.30. The zero-order valence-electron chi connectivity index (χ0n) is 31.9. The summed E-state index contributed by atoms with van der Waals surface area (Å²) in [5, 5.41) is 0. The van der Waals surface area contributed by atoms with Crippen molar-refractivity contribution in [2.24, 2.45) is 0 Å². The molecule has 0 saturated heterocycles. The van der Waals surface area contributed by atoms with Crippen LogP contribution in [0.5, 0.6) is 0 Å². The van der Waals surface area contributed by atoms with Crippen LogP contribution in [-0.4, -0.2) is 39.0 Å². The molecule has 0 amide bonds. The van der Waals surface area contributed by atoms with E-state index in [0.29, 0.717) is 24.3 Å². The fraction of sp³-hybridized carbons (Fsp3) is 0. The molecule has 2 aliphatic rings. The summed E-state index contributed by atoms with van der Waals surface area (Å²) in [5.74, 6) is -51.6. The number of nitrogens with zero attached hydrogens (tertiary/aromatic N) is 2. The maximum absolute atomic E-state index is 15.8. The van der Waals surface area contributed by atoms with Crippen LogP contribution in [-0.2, 0) is 0 Å². The van der Waals surface area contributed by atoms with Gasteiger partial charge in [0.1, 0.15) is 0 Å². The van der Waals surface area contributed by atoms with Crippen molar-refractivity contribution in [2.45, 2.75) is 0 Å². The molecule has 0 unspecified atom stereocenters. The summed E-state index contributed by atoms with van der Waals surface area (Å²) in [7, 11) is 0. The number of fused-ring (bicyclic) bond motifs is 8. The van der Waals surface area contributed by atoms with E-state index in [9.17, 15) is 52.7 Å². The Morgan fingerprint density at radius 3 is 0.515 bits per heavy atom. The van der Waals surface area contributed by atoms with E-state index in [-0.39, 0.29) is 0 Å². The van der Waals surface area contributed by atoms with Gasteiger partial charge in [0, 0.05) is 0 Å². The van der Waals surface area contributed by atoms with Gasteiger partial charge in [0.05, 0.1) is 0 Å². The molecule has 9 rings (SSSR count). The molecular weight excluding hydrogens is 1090 g/mol. The van der Waals surface area contributed by atoms with Crippen LogP contribution >= 0.6 is 0 Å². The van der Waals surface area contributed by atoms with Crippen molar-refractivity contribution in [3.8, 4) is 44.5 Å². The Kier molecular flexibility index (Phi) is 11.4. The van der Waals surface area contributed by atoms with E-state index in [4.69, 9.17) is 0 Å². The summed E-state index contributed by atoms with van der Waals surface area (Å²) in [6.07, 6.45) is 2.74. The number of hydrogen-bond acceptors (Lipinski definition) is 2. The number of aromatic nitrogens is 2. The van der Waals surface area contributed by atoms with Gasteiger partial charge in [-0.2, -0.15) is 0 Å². The molecule has 0 fully saturated rings. The molecule has 2 nitrogen and oxygen atoms in total. The maximum atomic E-state index is 15.8. The number of hydrogen-bond donors (Lipinski definition) is 0. The molecule has 0 radical (unpaired) electrons. The first-order valence-corrected chi connectivity index (χ1v) is 21.6. The fourth-order valence-corrected chi connectivity index (χ4v) is 12.0. The van der Waals surface area contributed by atoms with E-state index < -0.39 is 230 Å². The van der Waals surface area contributed by atoms with Crippen molar-refractivity contribution in [2.75, 3.05) is 0 Å². The van der Waals surface area contributed by atoms with Crippen LogP contribution in [0.25, 0.3) is 85.9 Å². The minimum absolute atomic E-state index is 0.611. The van der Waals surface area contributed by atoms with Crippen molar-refractivity contribution < 1.29 is 87.8 Å². The summed E-state index contributed by atoms with van der Waals surface area (Å²) < 4.78 is 301. The molecule has 0 aliphatic carbocycles. The standard InChI is InChI=1S/C44H8F20N2Se2/c45-25-21(26(46)34(54)41(61)33(25)53)17-9-1-2-10(65-9)18(22-27(47)35(55)42(62)36(56)28(22)48)14-7-8-16(68-14)20(24-31(51)39(59)44(64)40(60)32(24)52)12-4-3-11(66-12)19(15-6-5-13(17)67-15)23-29(49)37(57)43(63)38(58)30(23)50/h1-8H. The Hall–Kier alpha value is -6.48. The van der Waals surface area contributed by atoms with Gasteiger partial charge in [-0.1, -0.05) is 0 Å². The first-order valence-electron chi connectivity index (χ1n) is 18.1. The van der Waals surface area contributed by atoms with Crippen molar-refractivity contribution in [1.29, 1.82) is 0 Å². The third kappa shape index (κ3) is 6.77. The summed E-state index contributed by atoms with van der Waals surface area (Å²) in [5.41, 5.74) is -15.2. The van der Waals surface area contributed by atoms with E-state index in [1.165, 1.54) is 0 Å². The first-order chi connectivity index (χ1) is 32.1. The van der Waals surface area contributed by atoms with Crippen LogP contribution in [0.1, 0.15) is 22.8 Å². The van der Waals surface area contributed by atoms with E-state index in [2.05, 4.69) is 9.97 Å². The van der Waals surface area contributed by atoms with Crippen LogP contribution < -0.4 is 0 Å². The zero-order valence-corrected chi connectivity index (χ0v) is 35.3. The van der Waals surface area contributed by atoms with Gasteiger partial charge < -0.3 is 0 Å². The molecule has 2 aliphatic heterocycles. The molecular formula is C44H8F20N2Se2. The number of benzene rings is 4. The van der Waals surface area contributed by atoms with Gasteiger partial charge in [0.25, 0.3) is 0 Å². The average molecular weight is 1100 g/mol. The molecule has 0 atom stereocenters. The van der Waals surface area contributed by atoms with Crippen LogP contribution in [0.15, 0.2) is 24.3 Å². The molecule has 5 heterocycles. The van der Waals surface area contributed by atoms with Gasteiger partial charge in [-0.3, -0.25) is 0 Å². The average Bonchev–Trinajstić information content (AvgIpc) is 4.18. The second kappa shape index (κ2) is 16.6. The third-order valence-corrected chi connectivity index (χ3v) is 15.0. The second-order valence-corrected chi connectivity index (χ2v) is 18.6.